The van der Waals surface area contributed by atoms with Gasteiger partial charge in [-0.25, -0.2) is 0 Å². The Morgan fingerprint density at radius 3 is 2.83 bits per heavy atom. The second-order valence-corrected chi connectivity index (χ2v) is 7.16. The first-order valence-corrected chi connectivity index (χ1v) is 8.60. The molecular formula is C19H26N2O3. The molecule has 2 fully saturated rings. The molecule has 1 aliphatic heterocycles. The maximum Gasteiger partial charge on any atom is 0.226 e. The zero-order valence-corrected chi connectivity index (χ0v) is 14.7. The monoisotopic (exact) mass is 330 g/mol. The van der Waals surface area contributed by atoms with E-state index in [2.05, 4.69) is 0 Å². The first kappa shape index (κ1) is 16.8. The number of fused-ring (bicyclic) bond motifs is 1. The molecule has 0 bridgehead atoms. The van der Waals surface area contributed by atoms with Crippen molar-refractivity contribution in [2.24, 2.45) is 11.8 Å². The van der Waals surface area contributed by atoms with Crippen LogP contribution < -0.4 is 4.74 Å². The van der Waals surface area contributed by atoms with Gasteiger partial charge in [-0.3, -0.25) is 9.59 Å². The lowest BCUT2D eigenvalue weighted by Gasteiger charge is -2.31. The van der Waals surface area contributed by atoms with Crippen LogP contribution in [0.25, 0.3) is 0 Å². The molecule has 0 aromatic heterocycles. The molecule has 1 aromatic carbocycles. The number of benzene rings is 1. The third-order valence-electron chi connectivity index (χ3n) is 5.62. The number of ether oxygens (including phenoxy) is 1. The predicted molar refractivity (Wildman–Crippen MR) is 91.7 cm³/mol. The van der Waals surface area contributed by atoms with E-state index >= 15 is 0 Å². The van der Waals surface area contributed by atoms with Gasteiger partial charge in [-0.1, -0.05) is 12.1 Å². The molecule has 1 heterocycles. The van der Waals surface area contributed by atoms with E-state index in [-0.39, 0.29) is 17.9 Å². The Bertz CT molecular complexity index is 631. The quantitative estimate of drug-likeness (QED) is 0.848. The third-order valence-corrected chi connectivity index (χ3v) is 5.62. The van der Waals surface area contributed by atoms with Crippen molar-refractivity contribution < 1.29 is 14.3 Å². The molecule has 1 aliphatic carbocycles. The molecule has 0 N–H and O–H groups in total. The summed E-state index contributed by atoms with van der Waals surface area (Å²) in [5.74, 6) is 2.11. The minimum absolute atomic E-state index is 0.131. The van der Waals surface area contributed by atoms with E-state index < -0.39 is 0 Å². The van der Waals surface area contributed by atoms with Crippen LogP contribution in [0.15, 0.2) is 24.3 Å². The lowest BCUT2D eigenvalue weighted by atomic mass is 9.88. The largest absolute Gasteiger partial charge is 0.497 e. The molecule has 5 heteroatoms. The van der Waals surface area contributed by atoms with Gasteiger partial charge in [0.05, 0.1) is 13.5 Å². The van der Waals surface area contributed by atoms with E-state index in [1.165, 1.54) is 0 Å². The molecule has 1 saturated heterocycles. The highest BCUT2D eigenvalue weighted by Crippen LogP contribution is 2.40. The number of likely N-dealkylation sites (tertiary alicyclic amines) is 1. The summed E-state index contributed by atoms with van der Waals surface area (Å²) in [5.41, 5.74) is 0.969. The van der Waals surface area contributed by atoms with Gasteiger partial charge >= 0.3 is 0 Å². The molecule has 0 unspecified atom stereocenters. The smallest absolute Gasteiger partial charge is 0.226 e. The van der Waals surface area contributed by atoms with E-state index in [1.807, 2.05) is 48.2 Å². The van der Waals surface area contributed by atoms with Gasteiger partial charge in [-0.2, -0.15) is 0 Å². The summed E-state index contributed by atoms with van der Waals surface area (Å²) in [6.07, 6.45) is 2.97. The third kappa shape index (κ3) is 3.40. The highest BCUT2D eigenvalue weighted by Gasteiger charge is 2.42. The minimum atomic E-state index is 0.131. The summed E-state index contributed by atoms with van der Waals surface area (Å²) in [6.45, 7) is 0.831. The van der Waals surface area contributed by atoms with E-state index in [4.69, 9.17) is 4.74 Å². The van der Waals surface area contributed by atoms with Crippen molar-refractivity contribution in [2.75, 3.05) is 27.7 Å². The Labute approximate surface area is 143 Å². The van der Waals surface area contributed by atoms with Crippen LogP contribution in [0.2, 0.25) is 0 Å². The van der Waals surface area contributed by atoms with Crippen molar-refractivity contribution in [2.45, 2.75) is 31.7 Å². The zero-order valence-electron chi connectivity index (χ0n) is 14.7. The molecule has 0 radical (unpaired) electrons. The highest BCUT2D eigenvalue weighted by atomic mass is 16.5. The molecule has 3 atom stereocenters. The molecule has 1 saturated carbocycles. The fourth-order valence-electron chi connectivity index (χ4n) is 4.09. The van der Waals surface area contributed by atoms with Crippen LogP contribution in [0.4, 0.5) is 0 Å². The highest BCUT2D eigenvalue weighted by molar-refractivity contribution is 5.79. The number of methoxy groups -OCH3 is 1. The normalized spacial score (nSPS) is 26.2. The van der Waals surface area contributed by atoms with Gasteiger partial charge in [0.15, 0.2) is 0 Å². The molecular weight excluding hydrogens is 304 g/mol. The SMILES string of the molecule is COc1cccc(CC(=O)N(C)[C@@H]2C[C@@H]3CC(=O)N(C)C[C@@H]3C2)c1. The number of likely N-dealkylation sites (N-methyl/N-ethyl adjacent to an activating group) is 1. The number of carbonyl (C=O) groups is 2. The van der Waals surface area contributed by atoms with Crippen LogP contribution in [0.1, 0.15) is 24.8 Å². The van der Waals surface area contributed by atoms with Crippen molar-refractivity contribution in [1.82, 2.24) is 9.80 Å². The molecule has 5 nitrogen and oxygen atoms in total. The van der Waals surface area contributed by atoms with Gasteiger partial charge in [0.1, 0.15) is 5.75 Å². The molecule has 2 amide bonds. The molecule has 24 heavy (non-hydrogen) atoms. The first-order chi connectivity index (χ1) is 11.5. The Hall–Kier alpha value is -2.04. The van der Waals surface area contributed by atoms with Crippen LogP contribution in [0, 0.1) is 11.8 Å². The summed E-state index contributed by atoms with van der Waals surface area (Å²) in [4.78, 5) is 28.2. The molecule has 0 spiro atoms. The van der Waals surface area contributed by atoms with Gasteiger partial charge in [0, 0.05) is 33.1 Å². The van der Waals surface area contributed by atoms with Gasteiger partial charge < -0.3 is 14.5 Å². The summed E-state index contributed by atoms with van der Waals surface area (Å²) >= 11 is 0. The van der Waals surface area contributed by atoms with Gasteiger partial charge in [-0.15, -0.1) is 0 Å². The Kier molecular flexibility index (Phi) is 4.78. The molecule has 2 aliphatic rings. The van der Waals surface area contributed by atoms with Gasteiger partial charge in [0.2, 0.25) is 11.8 Å². The summed E-state index contributed by atoms with van der Waals surface area (Å²) in [7, 11) is 5.41. The lowest BCUT2D eigenvalue weighted by Crippen LogP contribution is -2.40. The Morgan fingerprint density at radius 1 is 1.33 bits per heavy atom. The average molecular weight is 330 g/mol. The number of piperidine rings is 1. The first-order valence-electron chi connectivity index (χ1n) is 8.60. The van der Waals surface area contributed by atoms with Crippen LogP contribution in [0.5, 0.6) is 5.75 Å². The van der Waals surface area contributed by atoms with Gasteiger partial charge in [0.25, 0.3) is 0 Å². The number of nitrogens with zero attached hydrogens (tertiary/aromatic N) is 2. The number of hydrogen-bond acceptors (Lipinski definition) is 3. The number of rotatable bonds is 4. The zero-order chi connectivity index (χ0) is 17.3. The van der Waals surface area contributed by atoms with E-state index in [0.29, 0.717) is 24.7 Å². The van der Waals surface area contributed by atoms with Crippen LogP contribution >= 0.6 is 0 Å². The van der Waals surface area contributed by atoms with Crippen molar-refractivity contribution in [1.29, 1.82) is 0 Å². The number of hydrogen-bond donors (Lipinski definition) is 0. The average Bonchev–Trinajstić information content (AvgIpc) is 2.97. The second kappa shape index (κ2) is 6.83. The van der Waals surface area contributed by atoms with Crippen molar-refractivity contribution in [3.8, 4) is 5.75 Å². The Balaban J connectivity index is 1.61. The fourth-order valence-corrected chi connectivity index (χ4v) is 4.09. The standard InChI is InChI=1S/C19H26N2O3/c1-20-12-15-10-16(9-14(15)11-18(20)22)21(2)19(23)8-13-5-4-6-17(7-13)24-3/h4-7,14-16H,8-12H2,1-3H3/t14-,15+,16-/m1/s1. The van der Waals surface area contributed by atoms with Crippen molar-refractivity contribution >= 4 is 11.8 Å². The lowest BCUT2D eigenvalue weighted by molar-refractivity contribution is -0.135. The molecule has 1 aromatic rings. The predicted octanol–water partition coefficient (Wildman–Crippen LogP) is 1.95. The Morgan fingerprint density at radius 2 is 2.08 bits per heavy atom. The van der Waals surface area contributed by atoms with Crippen LogP contribution in [-0.4, -0.2) is 55.4 Å². The number of carbonyl (C=O) groups excluding carboxylic acids is 2. The van der Waals surface area contributed by atoms with Crippen molar-refractivity contribution in [3.63, 3.8) is 0 Å². The van der Waals surface area contributed by atoms with Gasteiger partial charge in [-0.05, 0) is 42.4 Å². The topological polar surface area (TPSA) is 49.9 Å². The fraction of sp³-hybridized carbons (Fsp3) is 0.579. The molecule has 3 rings (SSSR count). The van der Waals surface area contributed by atoms with Crippen LogP contribution in [0.3, 0.4) is 0 Å². The van der Waals surface area contributed by atoms with E-state index in [0.717, 1.165) is 30.7 Å². The van der Waals surface area contributed by atoms with Crippen LogP contribution in [-0.2, 0) is 16.0 Å². The minimum Gasteiger partial charge on any atom is -0.497 e. The maximum atomic E-state index is 12.6. The summed E-state index contributed by atoms with van der Waals surface area (Å²) < 4.78 is 5.22. The van der Waals surface area contributed by atoms with E-state index in [9.17, 15) is 9.59 Å². The molecule has 130 valence electrons. The van der Waals surface area contributed by atoms with E-state index in [1.54, 1.807) is 7.11 Å². The summed E-state index contributed by atoms with van der Waals surface area (Å²) in [5, 5.41) is 0. The summed E-state index contributed by atoms with van der Waals surface area (Å²) in [6, 6.07) is 7.90. The second-order valence-electron chi connectivity index (χ2n) is 7.16. The maximum absolute atomic E-state index is 12.6. The van der Waals surface area contributed by atoms with Crippen molar-refractivity contribution in [3.05, 3.63) is 29.8 Å². The number of amides is 2.